The molecule has 0 bridgehead atoms. The van der Waals surface area contributed by atoms with Gasteiger partial charge in [0.25, 0.3) is 0 Å². The Kier molecular flexibility index (Phi) is 6.75. The van der Waals surface area contributed by atoms with Gasteiger partial charge in [0.1, 0.15) is 0 Å². The average Bonchev–Trinajstić information content (AvgIpc) is 3.31. The fraction of sp³-hybridized carbons (Fsp3) is 0.676. The van der Waals surface area contributed by atoms with Gasteiger partial charge in [-0.2, -0.15) is 0 Å². The van der Waals surface area contributed by atoms with Crippen molar-refractivity contribution in [2.75, 3.05) is 0 Å². The molecule has 0 unspecified atom stereocenters. The van der Waals surface area contributed by atoms with Crippen molar-refractivity contribution < 1.29 is 19.8 Å². The van der Waals surface area contributed by atoms with Crippen LogP contribution in [-0.4, -0.2) is 22.2 Å². The lowest BCUT2D eigenvalue weighted by molar-refractivity contribution is -0.227. The number of carboxylic acid groups (broad SMARTS) is 2. The topological polar surface area (TPSA) is 74.6 Å². The van der Waals surface area contributed by atoms with E-state index < -0.39 is 17.4 Å². The van der Waals surface area contributed by atoms with Crippen LogP contribution in [0.2, 0.25) is 5.02 Å². The maximum Gasteiger partial charge on any atom is 0.335 e. The number of rotatable bonds is 4. The Morgan fingerprint density at radius 3 is 2.24 bits per heavy atom. The standard InChI is InChI=1S/C37H49ClO4/c1-21(2)23-12-17-37(32(41)42)19-18-35(6)26(30(23)37)10-11-29-34(5)15-13-25(24-9-8-22(31(39)40)20-27(24)38)33(3,4)28(34)14-16-36(29,35)7/h8-9,13,20,23,26,28-30H,1,10-12,14-19H2,2-7H3,(H,39,40)(H,41,42)/t23-,26+,28-,29+,30+,34-,35+,36+,37-/m0/s1. The zero-order chi connectivity index (χ0) is 30.6. The molecule has 1 aromatic rings. The molecule has 4 fully saturated rings. The minimum atomic E-state index is -0.959. The highest BCUT2D eigenvalue weighted by molar-refractivity contribution is 6.32. The van der Waals surface area contributed by atoms with Crippen LogP contribution < -0.4 is 0 Å². The van der Waals surface area contributed by atoms with Gasteiger partial charge in [0, 0.05) is 5.02 Å². The smallest absolute Gasteiger partial charge is 0.335 e. The Morgan fingerprint density at radius 2 is 1.62 bits per heavy atom. The molecule has 4 nitrogen and oxygen atoms in total. The van der Waals surface area contributed by atoms with Crippen LogP contribution in [0.4, 0.5) is 0 Å². The largest absolute Gasteiger partial charge is 0.481 e. The van der Waals surface area contributed by atoms with E-state index in [2.05, 4.69) is 54.2 Å². The number of benzene rings is 1. The molecule has 0 aromatic heterocycles. The van der Waals surface area contributed by atoms with E-state index in [0.29, 0.717) is 28.7 Å². The molecule has 5 aliphatic rings. The molecular weight excluding hydrogens is 544 g/mol. The Bertz CT molecular complexity index is 1390. The van der Waals surface area contributed by atoms with Crippen molar-refractivity contribution in [3.05, 3.63) is 52.6 Å². The van der Waals surface area contributed by atoms with E-state index in [1.54, 1.807) is 12.1 Å². The quantitative estimate of drug-likeness (QED) is 0.341. The minimum absolute atomic E-state index is 0.107. The Labute approximate surface area is 257 Å². The summed E-state index contributed by atoms with van der Waals surface area (Å²) in [6, 6.07) is 5.17. The molecule has 0 amide bonds. The van der Waals surface area contributed by atoms with E-state index in [0.717, 1.165) is 63.4 Å². The minimum Gasteiger partial charge on any atom is -0.481 e. The summed E-state index contributed by atoms with van der Waals surface area (Å²) >= 11 is 6.73. The fourth-order valence-corrected chi connectivity index (χ4v) is 12.7. The number of hydrogen-bond acceptors (Lipinski definition) is 2. The molecule has 6 rings (SSSR count). The van der Waals surface area contributed by atoms with Crippen molar-refractivity contribution in [1.82, 2.24) is 0 Å². The third kappa shape index (κ3) is 3.72. The summed E-state index contributed by atoms with van der Waals surface area (Å²) in [7, 11) is 0. The maximum atomic E-state index is 12.9. The number of aromatic carboxylic acids is 1. The highest BCUT2D eigenvalue weighted by atomic mass is 35.5. The summed E-state index contributed by atoms with van der Waals surface area (Å²) in [5, 5.41) is 20.6. The summed E-state index contributed by atoms with van der Waals surface area (Å²) in [4.78, 5) is 24.5. The Morgan fingerprint density at radius 1 is 0.905 bits per heavy atom. The van der Waals surface area contributed by atoms with E-state index in [1.807, 2.05) is 6.07 Å². The van der Waals surface area contributed by atoms with Crippen LogP contribution in [0.15, 0.2) is 36.4 Å². The second kappa shape index (κ2) is 9.46. The lowest BCUT2D eigenvalue weighted by Gasteiger charge is -2.72. The van der Waals surface area contributed by atoms with Crippen molar-refractivity contribution in [2.24, 2.45) is 56.7 Å². The zero-order valence-electron chi connectivity index (χ0n) is 26.4. The first-order valence-corrected chi connectivity index (χ1v) is 16.5. The van der Waals surface area contributed by atoms with Gasteiger partial charge in [-0.25, -0.2) is 4.79 Å². The molecule has 0 radical (unpaired) electrons. The summed E-state index contributed by atoms with van der Waals surface area (Å²) in [6.45, 7) is 18.9. The van der Waals surface area contributed by atoms with Crippen molar-refractivity contribution >= 4 is 29.1 Å². The summed E-state index contributed by atoms with van der Waals surface area (Å²) in [6.07, 6.45) is 11.6. The van der Waals surface area contributed by atoms with Gasteiger partial charge in [0.15, 0.2) is 0 Å². The van der Waals surface area contributed by atoms with E-state index in [1.165, 1.54) is 11.1 Å². The molecule has 0 saturated heterocycles. The Hall–Kier alpha value is -2.07. The summed E-state index contributed by atoms with van der Waals surface area (Å²) in [5.41, 5.74) is 3.29. The summed E-state index contributed by atoms with van der Waals surface area (Å²) < 4.78 is 0. The molecule has 42 heavy (non-hydrogen) atoms. The van der Waals surface area contributed by atoms with Gasteiger partial charge in [-0.05, 0) is 139 Å². The van der Waals surface area contributed by atoms with Gasteiger partial charge in [-0.3, -0.25) is 4.79 Å². The molecule has 0 heterocycles. The van der Waals surface area contributed by atoms with Crippen molar-refractivity contribution in [3.8, 4) is 0 Å². The molecular formula is C37H49ClO4. The Balaban J connectivity index is 1.38. The first-order valence-electron chi connectivity index (χ1n) is 16.2. The first-order chi connectivity index (χ1) is 19.5. The molecule has 0 aliphatic heterocycles. The highest BCUT2D eigenvalue weighted by Gasteiger charge is 2.71. The van der Waals surface area contributed by atoms with E-state index >= 15 is 0 Å². The summed E-state index contributed by atoms with van der Waals surface area (Å²) in [5.74, 6) is 0.446. The van der Waals surface area contributed by atoms with Gasteiger partial charge < -0.3 is 10.2 Å². The van der Waals surface area contributed by atoms with Gasteiger partial charge in [0.2, 0.25) is 0 Å². The third-order valence-electron chi connectivity index (χ3n) is 14.6. The second-order valence-corrected chi connectivity index (χ2v) is 16.6. The van der Waals surface area contributed by atoms with Crippen molar-refractivity contribution in [1.29, 1.82) is 0 Å². The van der Waals surface area contributed by atoms with Crippen LogP contribution in [0.3, 0.4) is 0 Å². The number of carbonyl (C=O) groups is 2. The lowest BCUT2D eigenvalue weighted by Crippen LogP contribution is -2.65. The molecule has 4 saturated carbocycles. The zero-order valence-corrected chi connectivity index (χ0v) is 27.1. The van der Waals surface area contributed by atoms with Gasteiger partial charge in [-0.15, -0.1) is 0 Å². The number of aliphatic carboxylic acids is 1. The third-order valence-corrected chi connectivity index (χ3v) is 14.9. The molecule has 228 valence electrons. The van der Waals surface area contributed by atoms with Crippen molar-refractivity contribution in [3.63, 3.8) is 0 Å². The van der Waals surface area contributed by atoms with Crippen LogP contribution in [-0.2, 0) is 4.79 Å². The van der Waals surface area contributed by atoms with Crippen LogP contribution in [0.5, 0.6) is 0 Å². The van der Waals surface area contributed by atoms with Crippen LogP contribution in [0.25, 0.3) is 5.57 Å². The van der Waals surface area contributed by atoms with Crippen LogP contribution in [0.1, 0.15) is 115 Å². The van der Waals surface area contributed by atoms with Gasteiger partial charge in [0.05, 0.1) is 11.0 Å². The normalized spacial score (nSPS) is 43.7. The first kappa shape index (κ1) is 30.0. The molecule has 0 spiro atoms. The number of halogens is 1. The fourth-order valence-electron chi connectivity index (χ4n) is 12.4. The number of hydrogen-bond donors (Lipinski definition) is 2. The molecule has 5 heteroatoms. The van der Waals surface area contributed by atoms with Crippen LogP contribution >= 0.6 is 11.6 Å². The van der Waals surface area contributed by atoms with Crippen LogP contribution in [0, 0.1) is 56.7 Å². The lowest BCUT2D eigenvalue weighted by atomic mass is 9.32. The van der Waals surface area contributed by atoms with Gasteiger partial charge in [-0.1, -0.05) is 70.5 Å². The average molecular weight is 593 g/mol. The molecule has 1 aromatic carbocycles. The molecule has 9 atom stereocenters. The van der Waals surface area contributed by atoms with Gasteiger partial charge >= 0.3 is 11.9 Å². The molecule has 5 aliphatic carbocycles. The second-order valence-electron chi connectivity index (χ2n) is 16.2. The number of carboxylic acids is 2. The predicted molar refractivity (Wildman–Crippen MR) is 168 cm³/mol. The predicted octanol–water partition coefficient (Wildman–Crippen LogP) is 9.77. The maximum absolute atomic E-state index is 12.9. The highest BCUT2D eigenvalue weighted by Crippen LogP contribution is 2.77. The monoisotopic (exact) mass is 592 g/mol. The number of allylic oxidation sites excluding steroid dienone is 3. The van der Waals surface area contributed by atoms with E-state index in [9.17, 15) is 19.8 Å². The SMILES string of the molecule is C=C(C)[C@@H]1CC[C@]2(C(=O)O)CC[C@]3(C)[C@H](CC[C@@H]4[C@@]5(C)CC=C(c6ccc(C(=O)O)cc6Cl)C(C)(C)[C@@H]5CC[C@]43C)[C@@H]12. The van der Waals surface area contributed by atoms with E-state index in [4.69, 9.17) is 11.6 Å². The number of fused-ring (bicyclic) bond motifs is 7. The molecule has 2 N–H and O–H groups in total. The van der Waals surface area contributed by atoms with Crippen molar-refractivity contribution in [2.45, 2.75) is 99.3 Å². The van der Waals surface area contributed by atoms with E-state index in [-0.39, 0.29) is 33.1 Å².